The number of aromatic amines is 1. The maximum atomic E-state index is 13.1. The van der Waals surface area contributed by atoms with Crippen LogP contribution < -0.4 is 21.9 Å². The number of aromatic nitrogens is 2. The molecule has 3 rings (SSSR count). The van der Waals surface area contributed by atoms with E-state index in [2.05, 4.69) is 4.98 Å². The fourth-order valence-corrected chi connectivity index (χ4v) is 3.06. The van der Waals surface area contributed by atoms with Gasteiger partial charge in [0.2, 0.25) is 0 Å². The lowest BCUT2D eigenvalue weighted by Crippen LogP contribution is -2.40. The molecule has 3 aromatic rings. The average molecular weight is 424 g/mol. The van der Waals surface area contributed by atoms with Gasteiger partial charge in [-0.25, -0.2) is 4.79 Å². The van der Waals surface area contributed by atoms with Crippen LogP contribution in [-0.2, 0) is 22.6 Å². The van der Waals surface area contributed by atoms with Crippen molar-refractivity contribution in [1.29, 1.82) is 0 Å². The Kier molecular flexibility index (Phi) is 6.88. The van der Waals surface area contributed by atoms with Crippen molar-refractivity contribution < 1.29 is 13.9 Å². The molecule has 0 spiro atoms. The van der Waals surface area contributed by atoms with Crippen LogP contribution in [0.25, 0.3) is 6.08 Å². The number of nitrogens with one attached hydrogen (secondary N) is 1. The van der Waals surface area contributed by atoms with Gasteiger partial charge in [0.05, 0.1) is 19.7 Å². The van der Waals surface area contributed by atoms with Gasteiger partial charge in [-0.1, -0.05) is 30.3 Å². The van der Waals surface area contributed by atoms with Gasteiger partial charge in [-0.3, -0.25) is 24.0 Å². The Bertz CT molecular complexity index is 1190. The topological polar surface area (TPSA) is 124 Å². The van der Waals surface area contributed by atoms with E-state index in [1.54, 1.807) is 19.1 Å². The maximum Gasteiger partial charge on any atom is 0.330 e. The lowest BCUT2D eigenvalue weighted by atomic mass is 10.2. The van der Waals surface area contributed by atoms with E-state index < -0.39 is 17.2 Å². The highest BCUT2D eigenvalue weighted by Crippen LogP contribution is 2.20. The van der Waals surface area contributed by atoms with E-state index in [4.69, 9.17) is 14.9 Å². The number of carbonyl (C=O) groups excluding carboxylic acids is 1. The summed E-state index contributed by atoms with van der Waals surface area (Å²) in [5.74, 6) is 0.598. The number of rotatable bonds is 8. The van der Waals surface area contributed by atoms with Crippen LogP contribution in [0.15, 0.2) is 62.5 Å². The van der Waals surface area contributed by atoms with E-state index in [0.29, 0.717) is 11.5 Å². The predicted molar refractivity (Wildman–Crippen MR) is 118 cm³/mol. The summed E-state index contributed by atoms with van der Waals surface area (Å²) in [6.45, 7) is 2.21. The van der Waals surface area contributed by atoms with Gasteiger partial charge in [0.15, 0.2) is 5.69 Å². The molecule has 0 aliphatic heterocycles. The first-order valence-electron chi connectivity index (χ1n) is 9.62. The number of aryl methyl sites for hydroxylation is 1. The Morgan fingerprint density at radius 2 is 1.97 bits per heavy atom. The van der Waals surface area contributed by atoms with Crippen LogP contribution in [0.5, 0.6) is 0 Å². The molecule has 31 heavy (non-hydrogen) atoms. The van der Waals surface area contributed by atoms with Gasteiger partial charge in [0.1, 0.15) is 17.3 Å². The summed E-state index contributed by atoms with van der Waals surface area (Å²) >= 11 is 0. The Balaban J connectivity index is 2.05. The van der Waals surface area contributed by atoms with Crippen LogP contribution in [0.4, 0.5) is 11.5 Å². The van der Waals surface area contributed by atoms with Crippen LogP contribution >= 0.6 is 0 Å². The molecule has 0 saturated heterocycles. The second-order valence-electron chi connectivity index (χ2n) is 6.83. The van der Waals surface area contributed by atoms with Crippen molar-refractivity contribution >= 4 is 23.5 Å². The number of nitrogens with zero attached hydrogens (tertiary/aromatic N) is 2. The van der Waals surface area contributed by atoms with Gasteiger partial charge in [-0.2, -0.15) is 0 Å². The van der Waals surface area contributed by atoms with E-state index in [0.717, 1.165) is 5.56 Å². The normalized spacial score (nSPS) is 11.2. The number of hydrogen-bond acceptors (Lipinski definition) is 6. The number of benzene rings is 1. The minimum atomic E-state index is -0.748. The van der Waals surface area contributed by atoms with Crippen LogP contribution in [0.3, 0.4) is 0 Å². The van der Waals surface area contributed by atoms with Crippen molar-refractivity contribution in [2.24, 2.45) is 0 Å². The summed E-state index contributed by atoms with van der Waals surface area (Å²) < 4.78 is 11.6. The van der Waals surface area contributed by atoms with Crippen LogP contribution in [0.2, 0.25) is 0 Å². The lowest BCUT2D eigenvalue weighted by Gasteiger charge is -2.23. The zero-order valence-corrected chi connectivity index (χ0v) is 17.3. The summed E-state index contributed by atoms with van der Waals surface area (Å²) in [7, 11) is 1.49. The molecule has 3 N–H and O–H groups in total. The van der Waals surface area contributed by atoms with E-state index >= 15 is 0 Å². The second kappa shape index (κ2) is 9.77. The molecular formula is C22H24N4O5. The van der Waals surface area contributed by atoms with Gasteiger partial charge < -0.3 is 14.9 Å². The molecule has 162 valence electrons. The highest BCUT2D eigenvalue weighted by atomic mass is 16.5. The number of furan rings is 1. The number of methoxy groups -OCH3 is 1. The predicted octanol–water partition coefficient (Wildman–Crippen LogP) is 1.91. The zero-order valence-electron chi connectivity index (χ0n) is 17.3. The molecule has 0 aliphatic carbocycles. The largest absolute Gasteiger partial charge is 0.462 e. The molecule has 0 atom stereocenters. The third kappa shape index (κ3) is 5.20. The summed E-state index contributed by atoms with van der Waals surface area (Å²) in [6.07, 6.45) is 2.81. The number of H-pyrrole nitrogens is 1. The monoisotopic (exact) mass is 424 g/mol. The number of carbonyl (C=O) groups is 1. The smallest absolute Gasteiger partial charge is 0.330 e. The maximum absolute atomic E-state index is 13.1. The van der Waals surface area contributed by atoms with E-state index in [1.807, 2.05) is 30.3 Å². The van der Waals surface area contributed by atoms with Gasteiger partial charge in [-0.05, 0) is 30.7 Å². The lowest BCUT2D eigenvalue weighted by molar-refractivity contribution is -0.114. The van der Waals surface area contributed by atoms with Crippen molar-refractivity contribution in [3.8, 4) is 0 Å². The SMILES string of the molecule is COCCn1c(N)c(N(Cc2ccccc2)C(=O)/C=C/c2ccc(C)o2)c(=O)[nH]c1=O. The minimum Gasteiger partial charge on any atom is -0.462 e. The summed E-state index contributed by atoms with van der Waals surface area (Å²) in [5, 5.41) is 0. The second-order valence-corrected chi connectivity index (χ2v) is 6.83. The highest BCUT2D eigenvalue weighted by Gasteiger charge is 2.23. The Labute approximate surface area is 178 Å². The quantitative estimate of drug-likeness (QED) is 0.533. The molecule has 0 unspecified atom stereocenters. The van der Waals surface area contributed by atoms with Crippen LogP contribution in [0.1, 0.15) is 17.1 Å². The van der Waals surface area contributed by atoms with Crippen LogP contribution in [0, 0.1) is 6.92 Å². The molecule has 0 saturated carbocycles. The molecule has 2 aromatic heterocycles. The summed E-state index contributed by atoms with van der Waals surface area (Å²) in [4.78, 5) is 41.5. The number of nitrogen functional groups attached to an aromatic ring is 1. The molecule has 9 heteroatoms. The molecule has 0 radical (unpaired) electrons. The molecule has 0 bridgehead atoms. The third-order valence-electron chi connectivity index (χ3n) is 4.60. The molecule has 1 aromatic carbocycles. The van der Waals surface area contributed by atoms with Crippen molar-refractivity contribution in [1.82, 2.24) is 9.55 Å². The van der Waals surface area contributed by atoms with Gasteiger partial charge >= 0.3 is 5.69 Å². The molecule has 2 heterocycles. The Morgan fingerprint density at radius 3 is 2.61 bits per heavy atom. The van der Waals surface area contributed by atoms with Crippen molar-refractivity contribution in [2.75, 3.05) is 24.4 Å². The molecular weight excluding hydrogens is 400 g/mol. The number of anilines is 2. The zero-order chi connectivity index (χ0) is 22.4. The highest BCUT2D eigenvalue weighted by molar-refractivity contribution is 6.04. The molecule has 9 nitrogen and oxygen atoms in total. The van der Waals surface area contributed by atoms with Crippen LogP contribution in [-0.4, -0.2) is 29.2 Å². The summed E-state index contributed by atoms with van der Waals surface area (Å²) in [5.41, 5.74) is 5.44. The number of ether oxygens (including phenoxy) is 1. The van der Waals surface area contributed by atoms with Crippen molar-refractivity contribution in [3.05, 3.63) is 86.5 Å². The molecule has 0 aliphatic rings. The first-order valence-corrected chi connectivity index (χ1v) is 9.62. The molecule has 0 fully saturated rings. The Morgan fingerprint density at radius 1 is 1.23 bits per heavy atom. The first-order chi connectivity index (χ1) is 14.9. The number of nitrogens with two attached hydrogens (primary N) is 1. The van der Waals surface area contributed by atoms with E-state index in [1.165, 1.54) is 28.7 Å². The van der Waals surface area contributed by atoms with Gasteiger partial charge in [-0.15, -0.1) is 0 Å². The summed E-state index contributed by atoms with van der Waals surface area (Å²) in [6, 6.07) is 12.7. The fourth-order valence-electron chi connectivity index (χ4n) is 3.06. The standard InChI is InChI=1S/C22H24N4O5/c1-15-8-9-17(31-15)10-11-18(27)26(14-16-6-4-3-5-7-16)19-20(23)25(12-13-30-2)22(29)24-21(19)28/h3-11H,12-14,23H2,1-2H3,(H,24,28,29)/b11-10+. The van der Waals surface area contributed by atoms with Gasteiger partial charge in [0, 0.05) is 13.2 Å². The number of hydrogen-bond donors (Lipinski definition) is 2. The molecule has 1 amide bonds. The van der Waals surface area contributed by atoms with Crippen molar-refractivity contribution in [2.45, 2.75) is 20.0 Å². The fraction of sp³-hybridized carbons (Fsp3) is 0.227. The third-order valence-corrected chi connectivity index (χ3v) is 4.60. The Hall–Kier alpha value is -3.85. The van der Waals surface area contributed by atoms with Gasteiger partial charge in [0.25, 0.3) is 11.5 Å². The van der Waals surface area contributed by atoms with E-state index in [9.17, 15) is 14.4 Å². The average Bonchev–Trinajstić information content (AvgIpc) is 3.17. The van der Waals surface area contributed by atoms with E-state index in [-0.39, 0.29) is 31.2 Å². The van der Waals surface area contributed by atoms with Crippen molar-refractivity contribution in [3.63, 3.8) is 0 Å². The first kappa shape index (κ1) is 21.8. The minimum absolute atomic E-state index is 0.0803. The number of amides is 1.